The highest BCUT2D eigenvalue weighted by atomic mass is 79.9. The maximum atomic E-state index is 8.80. The summed E-state index contributed by atoms with van der Waals surface area (Å²) in [4.78, 5) is 0. The standard InChI is InChI=1S/C19H23BrClNO3/c1-24-18-10-15(12-22-8-4-5-9-23)16(20)11-19(18)25-13-14-6-2-3-7-17(14)21/h2-3,6-7,10-11,22-23H,4-5,8-9,12-13H2,1H3. The predicted octanol–water partition coefficient (Wildman–Crippen LogP) is 4.55. The number of benzene rings is 2. The minimum Gasteiger partial charge on any atom is -0.493 e. The molecule has 0 aliphatic heterocycles. The van der Waals surface area contributed by atoms with Crippen molar-refractivity contribution in [3.63, 3.8) is 0 Å². The van der Waals surface area contributed by atoms with Gasteiger partial charge in [-0.25, -0.2) is 0 Å². The van der Waals surface area contributed by atoms with E-state index in [-0.39, 0.29) is 6.61 Å². The number of aliphatic hydroxyl groups excluding tert-OH is 1. The van der Waals surface area contributed by atoms with Gasteiger partial charge in [0.1, 0.15) is 6.61 Å². The van der Waals surface area contributed by atoms with Gasteiger partial charge in [0, 0.05) is 28.2 Å². The van der Waals surface area contributed by atoms with Gasteiger partial charge in [-0.15, -0.1) is 0 Å². The molecule has 0 saturated carbocycles. The molecule has 6 heteroatoms. The number of hydrogen-bond acceptors (Lipinski definition) is 4. The first-order valence-corrected chi connectivity index (χ1v) is 9.37. The SMILES string of the molecule is COc1cc(CNCCCCO)c(Br)cc1OCc1ccccc1Cl. The first-order valence-electron chi connectivity index (χ1n) is 8.20. The summed E-state index contributed by atoms with van der Waals surface area (Å²) in [6.45, 7) is 2.19. The topological polar surface area (TPSA) is 50.7 Å². The quantitative estimate of drug-likeness (QED) is 0.545. The smallest absolute Gasteiger partial charge is 0.162 e. The van der Waals surface area contributed by atoms with Crippen LogP contribution < -0.4 is 14.8 Å². The van der Waals surface area contributed by atoms with Gasteiger partial charge in [0.25, 0.3) is 0 Å². The van der Waals surface area contributed by atoms with Crippen LogP contribution in [0.1, 0.15) is 24.0 Å². The lowest BCUT2D eigenvalue weighted by molar-refractivity contribution is 0.283. The maximum absolute atomic E-state index is 8.80. The zero-order valence-electron chi connectivity index (χ0n) is 14.2. The number of ether oxygens (including phenoxy) is 2. The molecule has 0 amide bonds. The summed E-state index contributed by atoms with van der Waals surface area (Å²) in [6.07, 6.45) is 1.76. The van der Waals surface area contributed by atoms with Crippen LogP contribution in [0.5, 0.6) is 11.5 Å². The summed E-state index contributed by atoms with van der Waals surface area (Å²) in [5.74, 6) is 1.35. The van der Waals surface area contributed by atoms with Crippen LogP contribution in [-0.4, -0.2) is 25.4 Å². The number of rotatable bonds is 10. The van der Waals surface area contributed by atoms with Gasteiger partial charge >= 0.3 is 0 Å². The van der Waals surface area contributed by atoms with Crippen molar-refractivity contribution < 1.29 is 14.6 Å². The first-order chi connectivity index (χ1) is 12.2. The molecule has 0 fully saturated rings. The summed E-state index contributed by atoms with van der Waals surface area (Å²) in [5.41, 5.74) is 2.02. The van der Waals surface area contributed by atoms with Crippen molar-refractivity contribution in [2.24, 2.45) is 0 Å². The highest BCUT2D eigenvalue weighted by molar-refractivity contribution is 9.10. The van der Waals surface area contributed by atoms with E-state index in [0.29, 0.717) is 29.7 Å². The molecule has 0 unspecified atom stereocenters. The molecule has 0 aliphatic rings. The Morgan fingerprint density at radius 2 is 1.92 bits per heavy atom. The summed E-state index contributed by atoms with van der Waals surface area (Å²) >= 11 is 9.76. The molecule has 0 bridgehead atoms. The van der Waals surface area contributed by atoms with Crippen molar-refractivity contribution in [2.75, 3.05) is 20.3 Å². The molecule has 0 atom stereocenters. The van der Waals surface area contributed by atoms with E-state index in [1.165, 1.54) is 0 Å². The Balaban J connectivity index is 2.01. The lowest BCUT2D eigenvalue weighted by Gasteiger charge is -2.15. The third kappa shape index (κ3) is 6.19. The number of halogens is 2. The fourth-order valence-corrected chi connectivity index (χ4v) is 2.99. The predicted molar refractivity (Wildman–Crippen MR) is 105 cm³/mol. The van der Waals surface area contributed by atoms with Crippen LogP contribution in [0.25, 0.3) is 0 Å². The summed E-state index contributed by atoms with van der Waals surface area (Å²) in [6, 6.07) is 11.5. The highest BCUT2D eigenvalue weighted by Gasteiger charge is 2.11. The molecular formula is C19H23BrClNO3. The van der Waals surface area contributed by atoms with E-state index in [1.54, 1.807) is 7.11 Å². The van der Waals surface area contributed by atoms with Gasteiger partial charge in [-0.3, -0.25) is 0 Å². The molecule has 2 rings (SSSR count). The molecule has 2 aromatic carbocycles. The number of methoxy groups -OCH3 is 1. The lowest BCUT2D eigenvalue weighted by atomic mass is 10.2. The van der Waals surface area contributed by atoms with Crippen molar-refractivity contribution in [3.05, 3.63) is 57.0 Å². The van der Waals surface area contributed by atoms with Gasteiger partial charge in [-0.2, -0.15) is 0 Å². The molecule has 0 saturated heterocycles. The zero-order valence-corrected chi connectivity index (χ0v) is 16.6. The van der Waals surface area contributed by atoms with Crippen molar-refractivity contribution in [3.8, 4) is 11.5 Å². The minimum atomic E-state index is 0.233. The van der Waals surface area contributed by atoms with Crippen molar-refractivity contribution >= 4 is 27.5 Å². The maximum Gasteiger partial charge on any atom is 0.162 e. The number of hydrogen-bond donors (Lipinski definition) is 2. The Morgan fingerprint density at radius 1 is 1.12 bits per heavy atom. The highest BCUT2D eigenvalue weighted by Crippen LogP contribution is 2.34. The molecular weight excluding hydrogens is 406 g/mol. The molecule has 0 aromatic heterocycles. The summed E-state index contributed by atoms with van der Waals surface area (Å²) < 4.78 is 12.3. The van der Waals surface area contributed by atoms with Crippen LogP contribution in [0.2, 0.25) is 5.02 Å². The van der Waals surface area contributed by atoms with Crippen LogP contribution in [0.4, 0.5) is 0 Å². The Bertz CT molecular complexity index is 682. The lowest BCUT2D eigenvalue weighted by Crippen LogP contribution is -2.15. The Hall–Kier alpha value is -1.27. The minimum absolute atomic E-state index is 0.233. The van der Waals surface area contributed by atoms with Gasteiger partial charge in [-0.1, -0.05) is 45.7 Å². The Morgan fingerprint density at radius 3 is 2.64 bits per heavy atom. The van der Waals surface area contributed by atoms with E-state index in [2.05, 4.69) is 21.2 Å². The average Bonchev–Trinajstić information content (AvgIpc) is 2.62. The second-order valence-corrected chi connectivity index (χ2v) is 6.84. The summed E-state index contributed by atoms with van der Waals surface area (Å²) in [7, 11) is 1.63. The van der Waals surface area contributed by atoms with Crippen molar-refractivity contribution in [2.45, 2.75) is 26.0 Å². The fourth-order valence-electron chi connectivity index (χ4n) is 2.34. The van der Waals surface area contributed by atoms with Gasteiger partial charge in [-0.05, 0) is 43.1 Å². The number of aliphatic hydroxyl groups is 1. The summed E-state index contributed by atoms with van der Waals surface area (Å²) in [5, 5.41) is 12.8. The van der Waals surface area contributed by atoms with Crippen LogP contribution in [-0.2, 0) is 13.2 Å². The second-order valence-electron chi connectivity index (χ2n) is 5.58. The second kappa shape index (κ2) is 10.7. The largest absolute Gasteiger partial charge is 0.493 e. The molecule has 0 radical (unpaired) electrons. The van der Waals surface area contributed by atoms with Crippen LogP contribution in [0.3, 0.4) is 0 Å². The van der Waals surface area contributed by atoms with Gasteiger partial charge in [0.2, 0.25) is 0 Å². The molecule has 0 aliphatic carbocycles. The van der Waals surface area contributed by atoms with Crippen LogP contribution >= 0.6 is 27.5 Å². The van der Waals surface area contributed by atoms with Gasteiger partial charge < -0.3 is 19.9 Å². The van der Waals surface area contributed by atoms with Gasteiger partial charge in [0.05, 0.1) is 7.11 Å². The van der Waals surface area contributed by atoms with E-state index in [0.717, 1.165) is 35.0 Å². The average molecular weight is 429 g/mol. The molecule has 25 heavy (non-hydrogen) atoms. The van der Waals surface area contributed by atoms with E-state index < -0.39 is 0 Å². The molecule has 2 N–H and O–H groups in total. The number of nitrogens with one attached hydrogen (secondary N) is 1. The molecule has 136 valence electrons. The Labute approximate surface area is 162 Å². The van der Waals surface area contributed by atoms with Crippen LogP contribution in [0.15, 0.2) is 40.9 Å². The monoisotopic (exact) mass is 427 g/mol. The normalized spacial score (nSPS) is 10.7. The van der Waals surface area contributed by atoms with E-state index in [4.69, 9.17) is 26.2 Å². The van der Waals surface area contributed by atoms with Gasteiger partial charge in [0.15, 0.2) is 11.5 Å². The number of unbranched alkanes of at least 4 members (excludes halogenated alkanes) is 1. The van der Waals surface area contributed by atoms with E-state index in [1.807, 2.05) is 36.4 Å². The fraction of sp³-hybridized carbons (Fsp3) is 0.368. The third-order valence-corrected chi connectivity index (χ3v) is 4.86. The molecule has 0 heterocycles. The molecule has 2 aromatic rings. The zero-order chi connectivity index (χ0) is 18.1. The third-order valence-electron chi connectivity index (χ3n) is 3.75. The van der Waals surface area contributed by atoms with Crippen molar-refractivity contribution in [1.82, 2.24) is 5.32 Å². The first kappa shape index (κ1) is 20.0. The molecule has 0 spiro atoms. The Kier molecular flexibility index (Phi) is 8.55. The van der Waals surface area contributed by atoms with E-state index >= 15 is 0 Å². The molecule has 4 nitrogen and oxygen atoms in total. The van der Waals surface area contributed by atoms with Crippen LogP contribution in [0, 0.1) is 0 Å². The van der Waals surface area contributed by atoms with Crippen molar-refractivity contribution in [1.29, 1.82) is 0 Å². The van der Waals surface area contributed by atoms with E-state index in [9.17, 15) is 0 Å².